The van der Waals surface area contributed by atoms with E-state index in [2.05, 4.69) is 4.98 Å². The SMILES string of the molecule is COc1cccc(S(=O)(=O)C(F)(C(=O)O)C2Cc3[nH]c4ccc(Cl)cc4c3C2)c1. The third-order valence-electron chi connectivity index (χ3n) is 5.42. The second-order valence-electron chi connectivity index (χ2n) is 7.01. The number of carbonyl (C=O) groups is 1. The lowest BCUT2D eigenvalue weighted by Gasteiger charge is -2.27. The summed E-state index contributed by atoms with van der Waals surface area (Å²) in [7, 11) is -3.52. The van der Waals surface area contributed by atoms with Gasteiger partial charge in [0.05, 0.1) is 12.0 Å². The van der Waals surface area contributed by atoms with Gasteiger partial charge in [-0.25, -0.2) is 17.6 Å². The Kier molecular flexibility index (Phi) is 4.59. The van der Waals surface area contributed by atoms with Crippen LogP contribution in [-0.2, 0) is 27.5 Å². The zero-order chi connectivity index (χ0) is 21.0. The van der Waals surface area contributed by atoms with E-state index in [4.69, 9.17) is 16.3 Å². The Bertz CT molecular complexity index is 1240. The molecule has 0 aliphatic heterocycles. The minimum atomic E-state index is -4.86. The number of sulfone groups is 1. The number of carboxylic acid groups (broad SMARTS) is 1. The lowest BCUT2D eigenvalue weighted by atomic mass is 9.99. The number of carboxylic acids is 1. The van der Waals surface area contributed by atoms with Gasteiger partial charge in [0.15, 0.2) is 0 Å². The van der Waals surface area contributed by atoms with Gasteiger partial charge in [-0.05, 0) is 54.8 Å². The molecular weight excluding hydrogens is 421 g/mol. The zero-order valence-electron chi connectivity index (χ0n) is 15.3. The molecule has 152 valence electrons. The average Bonchev–Trinajstić information content (AvgIpc) is 3.25. The summed E-state index contributed by atoms with van der Waals surface area (Å²) in [6, 6.07) is 10.3. The molecule has 0 radical (unpaired) electrons. The van der Waals surface area contributed by atoms with Gasteiger partial charge in [0, 0.05) is 27.5 Å². The first-order valence-corrected chi connectivity index (χ1v) is 10.6. The lowest BCUT2D eigenvalue weighted by Crippen LogP contribution is -2.49. The van der Waals surface area contributed by atoms with Crippen LogP contribution < -0.4 is 4.74 Å². The number of nitrogens with one attached hydrogen (secondary N) is 1. The van der Waals surface area contributed by atoms with Gasteiger partial charge in [0.1, 0.15) is 5.75 Å². The quantitative estimate of drug-likeness (QED) is 0.633. The molecule has 1 aliphatic rings. The van der Waals surface area contributed by atoms with Crippen LogP contribution in [0.25, 0.3) is 10.9 Å². The van der Waals surface area contributed by atoms with E-state index < -0.39 is 31.6 Å². The Morgan fingerprint density at radius 2 is 2.03 bits per heavy atom. The van der Waals surface area contributed by atoms with Crippen molar-refractivity contribution >= 4 is 38.3 Å². The van der Waals surface area contributed by atoms with Crippen molar-refractivity contribution in [1.29, 1.82) is 0 Å². The number of halogens is 2. The first-order chi connectivity index (χ1) is 13.7. The highest BCUT2D eigenvalue weighted by Gasteiger charge is 2.60. The van der Waals surface area contributed by atoms with Gasteiger partial charge < -0.3 is 14.8 Å². The Morgan fingerprint density at radius 3 is 2.72 bits per heavy atom. The number of ether oxygens (including phenoxy) is 1. The molecule has 4 rings (SSSR count). The van der Waals surface area contributed by atoms with Gasteiger partial charge >= 0.3 is 11.0 Å². The van der Waals surface area contributed by atoms with E-state index in [1.54, 1.807) is 18.2 Å². The van der Waals surface area contributed by atoms with Crippen molar-refractivity contribution in [3.63, 3.8) is 0 Å². The molecule has 0 fully saturated rings. The number of hydrogen-bond acceptors (Lipinski definition) is 4. The maximum atomic E-state index is 16.0. The maximum Gasteiger partial charge on any atom is 0.358 e. The van der Waals surface area contributed by atoms with Crippen LogP contribution in [0.5, 0.6) is 5.75 Å². The highest BCUT2D eigenvalue weighted by molar-refractivity contribution is 7.93. The maximum absolute atomic E-state index is 16.0. The van der Waals surface area contributed by atoms with Gasteiger partial charge in [-0.3, -0.25) is 0 Å². The summed E-state index contributed by atoms with van der Waals surface area (Å²) in [6.07, 6.45) is -0.0880. The van der Waals surface area contributed by atoms with Crippen LogP contribution in [0.1, 0.15) is 11.3 Å². The number of fused-ring (bicyclic) bond motifs is 3. The summed E-state index contributed by atoms with van der Waals surface area (Å²) < 4.78 is 47.2. The van der Waals surface area contributed by atoms with Crippen molar-refractivity contribution in [2.24, 2.45) is 5.92 Å². The third kappa shape index (κ3) is 2.89. The molecule has 1 heterocycles. The molecule has 0 spiro atoms. The third-order valence-corrected chi connectivity index (χ3v) is 7.82. The summed E-state index contributed by atoms with van der Waals surface area (Å²) in [5.41, 5.74) is 2.10. The normalized spacial score (nSPS) is 18.4. The summed E-state index contributed by atoms with van der Waals surface area (Å²) >= 11 is 6.05. The highest BCUT2D eigenvalue weighted by Crippen LogP contribution is 2.44. The largest absolute Gasteiger partial charge is 0.497 e. The van der Waals surface area contributed by atoms with E-state index in [0.29, 0.717) is 16.3 Å². The van der Waals surface area contributed by atoms with Crippen molar-refractivity contribution in [2.45, 2.75) is 22.7 Å². The van der Waals surface area contributed by atoms with E-state index in [0.717, 1.165) is 17.0 Å². The van der Waals surface area contributed by atoms with Crippen LogP contribution in [-0.4, -0.2) is 36.6 Å². The van der Waals surface area contributed by atoms with Gasteiger partial charge in [-0.15, -0.1) is 0 Å². The Hall–Kier alpha value is -2.58. The number of aromatic nitrogens is 1. The lowest BCUT2D eigenvalue weighted by molar-refractivity contribution is -0.147. The highest BCUT2D eigenvalue weighted by atomic mass is 35.5. The van der Waals surface area contributed by atoms with Crippen molar-refractivity contribution in [2.75, 3.05) is 7.11 Å². The Balaban J connectivity index is 1.79. The fourth-order valence-electron chi connectivity index (χ4n) is 3.96. The molecule has 0 amide bonds. The van der Waals surface area contributed by atoms with Crippen molar-refractivity contribution < 1.29 is 27.4 Å². The van der Waals surface area contributed by atoms with Gasteiger partial charge in [0.2, 0.25) is 9.84 Å². The molecule has 0 saturated carbocycles. The van der Waals surface area contributed by atoms with Crippen molar-refractivity contribution in [3.8, 4) is 5.75 Å². The molecule has 0 saturated heterocycles. The molecule has 2 aromatic carbocycles. The fourth-order valence-corrected chi connectivity index (χ4v) is 5.84. The number of alkyl halides is 1. The van der Waals surface area contributed by atoms with Crippen molar-refractivity contribution in [3.05, 3.63) is 58.7 Å². The molecule has 9 heteroatoms. The Labute approximate surface area is 171 Å². The van der Waals surface area contributed by atoms with Gasteiger partial charge in [-0.1, -0.05) is 17.7 Å². The van der Waals surface area contributed by atoms with Crippen LogP contribution >= 0.6 is 11.6 Å². The van der Waals surface area contributed by atoms with Crippen LogP contribution in [0, 0.1) is 5.92 Å². The molecule has 0 bridgehead atoms. The summed E-state index contributed by atoms with van der Waals surface area (Å²) in [6.45, 7) is 0. The van der Waals surface area contributed by atoms with Crippen LogP contribution in [0.15, 0.2) is 47.4 Å². The van der Waals surface area contributed by atoms with E-state index in [-0.39, 0.29) is 18.6 Å². The van der Waals surface area contributed by atoms with E-state index in [9.17, 15) is 18.3 Å². The standard InChI is InChI=1S/C20H17ClFNO5S/c1-28-13-3-2-4-14(10-13)29(26,27)20(22,19(24)25)11-7-15-16-9-12(21)5-6-17(16)23-18(15)8-11/h2-6,9-11,23H,7-8H2,1H3,(H,24,25). The molecule has 1 aliphatic carbocycles. The van der Waals surface area contributed by atoms with Crippen LogP contribution in [0.3, 0.4) is 0 Å². The van der Waals surface area contributed by atoms with E-state index in [1.807, 2.05) is 0 Å². The number of H-pyrrole nitrogens is 1. The summed E-state index contributed by atoms with van der Waals surface area (Å²) in [4.78, 5) is 14.6. The van der Waals surface area contributed by atoms with Crippen molar-refractivity contribution in [1.82, 2.24) is 4.98 Å². The first kappa shape index (κ1) is 19.7. The zero-order valence-corrected chi connectivity index (χ0v) is 16.8. The topological polar surface area (TPSA) is 96.5 Å². The number of rotatable bonds is 5. The van der Waals surface area contributed by atoms with Gasteiger partial charge in [0.25, 0.3) is 0 Å². The monoisotopic (exact) mass is 437 g/mol. The van der Waals surface area contributed by atoms with Crippen LogP contribution in [0.2, 0.25) is 5.02 Å². The number of hydrogen-bond donors (Lipinski definition) is 2. The number of methoxy groups -OCH3 is 1. The van der Waals surface area contributed by atoms with E-state index >= 15 is 4.39 Å². The first-order valence-electron chi connectivity index (χ1n) is 8.78. The Morgan fingerprint density at radius 1 is 1.28 bits per heavy atom. The molecule has 29 heavy (non-hydrogen) atoms. The van der Waals surface area contributed by atoms with Gasteiger partial charge in [-0.2, -0.15) is 0 Å². The molecule has 6 nitrogen and oxygen atoms in total. The minimum absolute atomic E-state index is 0.0400. The average molecular weight is 438 g/mol. The molecule has 2 N–H and O–H groups in total. The number of aromatic amines is 1. The second kappa shape index (κ2) is 6.74. The van der Waals surface area contributed by atoms with Crippen LogP contribution in [0.4, 0.5) is 4.39 Å². The minimum Gasteiger partial charge on any atom is -0.497 e. The molecular formula is C20H17ClFNO5S. The molecule has 1 aromatic heterocycles. The molecule has 3 aromatic rings. The summed E-state index contributed by atoms with van der Waals surface area (Å²) in [5, 5.41) is 7.40. The predicted molar refractivity (Wildman–Crippen MR) is 106 cm³/mol. The molecule has 2 atom stereocenters. The smallest absolute Gasteiger partial charge is 0.358 e. The predicted octanol–water partition coefficient (Wildman–Crippen LogP) is 3.77. The van der Waals surface area contributed by atoms with E-state index in [1.165, 1.54) is 25.3 Å². The number of aliphatic carboxylic acids is 1. The molecule has 2 unspecified atom stereocenters. The summed E-state index contributed by atoms with van der Waals surface area (Å²) in [5.74, 6) is -3.13. The number of benzene rings is 2. The second-order valence-corrected chi connectivity index (χ2v) is 9.52. The fraction of sp³-hybridized carbons (Fsp3) is 0.250.